The molecule has 0 aromatic carbocycles. The second-order valence-corrected chi connectivity index (χ2v) is 5.20. The van der Waals surface area contributed by atoms with Gasteiger partial charge in [-0.15, -0.1) is 12.4 Å². The minimum Gasteiger partial charge on any atom is -0.354 e. The molecule has 0 aliphatic rings. The molecule has 1 atom stereocenters. The normalized spacial score (nSPS) is 11.1. The van der Waals surface area contributed by atoms with Crippen molar-refractivity contribution in [2.24, 2.45) is 5.73 Å². The molecule has 0 aliphatic carbocycles. The molecule has 6 nitrogen and oxygen atoms in total. The molecule has 0 fully saturated rings. The molecule has 0 bridgehead atoms. The number of halogens is 1. The highest BCUT2D eigenvalue weighted by Crippen LogP contribution is 2.03. The number of amides is 2. The van der Waals surface area contributed by atoms with Gasteiger partial charge in [-0.3, -0.25) is 14.6 Å². The monoisotopic (exact) mass is 332 g/mol. The molecule has 1 aromatic rings. The number of nitrogens with one attached hydrogen (secondary N) is 2. The predicted octanol–water partition coefficient (Wildman–Crippen LogP) is 1.03. The second-order valence-electron chi connectivity index (χ2n) is 4.21. The number of nitrogens with two attached hydrogens (primary N) is 1. The van der Waals surface area contributed by atoms with E-state index in [2.05, 4.69) is 15.6 Å². The summed E-state index contributed by atoms with van der Waals surface area (Å²) >= 11 is 1.65. The van der Waals surface area contributed by atoms with Crippen LogP contribution in [0.5, 0.6) is 0 Å². The summed E-state index contributed by atoms with van der Waals surface area (Å²) in [6, 6.07) is 2.90. The third kappa shape index (κ3) is 8.54. The van der Waals surface area contributed by atoms with Crippen LogP contribution in [0.15, 0.2) is 24.5 Å². The van der Waals surface area contributed by atoms with Crippen molar-refractivity contribution in [3.05, 3.63) is 24.5 Å². The Hall–Kier alpha value is -1.31. The molecule has 0 spiro atoms. The molecule has 0 aliphatic heterocycles. The van der Waals surface area contributed by atoms with Crippen molar-refractivity contribution < 1.29 is 9.59 Å². The van der Waals surface area contributed by atoms with Crippen LogP contribution in [0, 0.1) is 0 Å². The molecule has 118 valence electrons. The molecule has 0 unspecified atom stereocenters. The summed E-state index contributed by atoms with van der Waals surface area (Å²) in [5, 5.41) is 5.38. The molecule has 0 saturated heterocycles. The first-order chi connectivity index (χ1) is 9.63. The van der Waals surface area contributed by atoms with Gasteiger partial charge < -0.3 is 16.4 Å². The lowest BCUT2D eigenvalue weighted by atomic mass is 10.2. The number of nitrogens with zero attached hydrogens (tertiary/aromatic N) is 1. The highest BCUT2D eigenvalue weighted by molar-refractivity contribution is 7.98. The maximum atomic E-state index is 11.6. The highest BCUT2D eigenvalue weighted by atomic mass is 35.5. The van der Waals surface area contributed by atoms with Gasteiger partial charge in [0, 0.05) is 31.0 Å². The fraction of sp³-hybridized carbons (Fsp3) is 0.462. The van der Waals surface area contributed by atoms with Gasteiger partial charge >= 0.3 is 0 Å². The average Bonchev–Trinajstić information content (AvgIpc) is 2.45. The second kappa shape index (κ2) is 11.4. The van der Waals surface area contributed by atoms with Crippen molar-refractivity contribution in [1.82, 2.24) is 10.3 Å². The zero-order valence-corrected chi connectivity index (χ0v) is 13.5. The van der Waals surface area contributed by atoms with Gasteiger partial charge in [0.1, 0.15) is 0 Å². The van der Waals surface area contributed by atoms with E-state index < -0.39 is 6.04 Å². The quantitative estimate of drug-likeness (QED) is 0.660. The first-order valence-electron chi connectivity index (χ1n) is 6.35. The first-order valence-corrected chi connectivity index (χ1v) is 7.75. The van der Waals surface area contributed by atoms with Crippen LogP contribution in [0.1, 0.15) is 12.8 Å². The van der Waals surface area contributed by atoms with Gasteiger partial charge in [-0.05, 0) is 30.6 Å². The number of aromatic nitrogens is 1. The molecule has 21 heavy (non-hydrogen) atoms. The van der Waals surface area contributed by atoms with Crippen molar-refractivity contribution in [2.45, 2.75) is 18.9 Å². The van der Waals surface area contributed by atoms with Gasteiger partial charge in [0.15, 0.2) is 0 Å². The number of carbonyl (C=O) groups is 2. The van der Waals surface area contributed by atoms with E-state index in [1.807, 2.05) is 6.26 Å². The van der Waals surface area contributed by atoms with Crippen LogP contribution in [0.4, 0.5) is 5.69 Å². The van der Waals surface area contributed by atoms with Crippen LogP contribution in [-0.4, -0.2) is 41.4 Å². The molecular formula is C13H21ClN4O2S. The molecule has 1 heterocycles. The molecule has 0 saturated carbocycles. The Bertz CT molecular complexity index is 433. The fourth-order valence-electron chi connectivity index (χ4n) is 1.46. The van der Waals surface area contributed by atoms with Crippen LogP contribution in [-0.2, 0) is 9.59 Å². The number of thioether (sulfide) groups is 1. The van der Waals surface area contributed by atoms with Gasteiger partial charge in [0.25, 0.3) is 0 Å². The Morgan fingerprint density at radius 3 is 2.67 bits per heavy atom. The number of carbonyl (C=O) groups excluding carboxylic acids is 2. The van der Waals surface area contributed by atoms with E-state index in [9.17, 15) is 9.59 Å². The first kappa shape index (κ1) is 19.7. The summed E-state index contributed by atoms with van der Waals surface area (Å²) in [7, 11) is 0. The number of hydrogen-bond acceptors (Lipinski definition) is 5. The van der Waals surface area contributed by atoms with E-state index in [0.29, 0.717) is 12.1 Å². The summed E-state index contributed by atoms with van der Waals surface area (Å²) in [5.41, 5.74) is 6.40. The third-order valence-electron chi connectivity index (χ3n) is 2.59. The minimum absolute atomic E-state index is 0. The SMILES string of the molecule is CSCC[C@H](N)C(=O)NCCC(=O)Nc1ccncc1.Cl. The zero-order chi connectivity index (χ0) is 14.8. The average molecular weight is 333 g/mol. The standard InChI is InChI=1S/C13H20N4O2S.ClH/c1-20-9-5-11(14)13(19)16-8-4-12(18)17-10-2-6-15-7-3-10;/h2-3,6-7,11H,4-5,8-9,14H2,1H3,(H,16,19)(H,15,17,18);1H/t11-;/m0./s1. The van der Waals surface area contributed by atoms with E-state index in [1.54, 1.807) is 36.3 Å². The van der Waals surface area contributed by atoms with Gasteiger partial charge in [0.2, 0.25) is 11.8 Å². The van der Waals surface area contributed by atoms with Crippen molar-refractivity contribution in [3.63, 3.8) is 0 Å². The van der Waals surface area contributed by atoms with E-state index in [4.69, 9.17) is 5.73 Å². The largest absolute Gasteiger partial charge is 0.354 e. The Balaban J connectivity index is 0.00000400. The topological polar surface area (TPSA) is 97.1 Å². The van der Waals surface area contributed by atoms with Crippen molar-refractivity contribution >= 4 is 41.7 Å². The van der Waals surface area contributed by atoms with Crippen molar-refractivity contribution in [2.75, 3.05) is 23.9 Å². The number of hydrogen-bond donors (Lipinski definition) is 3. The van der Waals surface area contributed by atoms with Crippen LogP contribution >= 0.6 is 24.2 Å². The van der Waals surface area contributed by atoms with Gasteiger partial charge in [0.05, 0.1) is 6.04 Å². The van der Waals surface area contributed by atoms with Crippen molar-refractivity contribution in [3.8, 4) is 0 Å². The van der Waals surface area contributed by atoms with Gasteiger partial charge in [-0.25, -0.2) is 0 Å². The summed E-state index contributed by atoms with van der Waals surface area (Å²) in [6.45, 7) is 0.280. The Morgan fingerprint density at radius 1 is 1.38 bits per heavy atom. The lowest BCUT2D eigenvalue weighted by Crippen LogP contribution is -2.41. The fourth-order valence-corrected chi connectivity index (χ4v) is 1.95. The zero-order valence-electron chi connectivity index (χ0n) is 11.9. The molecular weight excluding hydrogens is 312 g/mol. The van der Waals surface area contributed by atoms with Crippen LogP contribution in [0.2, 0.25) is 0 Å². The van der Waals surface area contributed by atoms with Crippen LogP contribution < -0.4 is 16.4 Å². The van der Waals surface area contributed by atoms with E-state index in [-0.39, 0.29) is 37.2 Å². The summed E-state index contributed by atoms with van der Waals surface area (Å²) in [4.78, 5) is 27.1. The predicted molar refractivity (Wildman–Crippen MR) is 88.7 cm³/mol. The van der Waals surface area contributed by atoms with E-state index in [1.165, 1.54) is 0 Å². The van der Waals surface area contributed by atoms with E-state index >= 15 is 0 Å². The summed E-state index contributed by atoms with van der Waals surface area (Å²) in [5.74, 6) is 0.474. The molecule has 0 radical (unpaired) electrons. The smallest absolute Gasteiger partial charge is 0.236 e. The Labute approximate surface area is 135 Å². The van der Waals surface area contributed by atoms with Crippen molar-refractivity contribution in [1.29, 1.82) is 0 Å². The number of pyridine rings is 1. The molecule has 4 N–H and O–H groups in total. The van der Waals surface area contributed by atoms with Crippen LogP contribution in [0.3, 0.4) is 0 Å². The van der Waals surface area contributed by atoms with E-state index in [0.717, 1.165) is 5.75 Å². The molecule has 1 aromatic heterocycles. The third-order valence-corrected chi connectivity index (χ3v) is 3.23. The van der Waals surface area contributed by atoms with Gasteiger partial charge in [-0.1, -0.05) is 0 Å². The maximum absolute atomic E-state index is 11.6. The number of rotatable bonds is 8. The van der Waals surface area contributed by atoms with Crippen LogP contribution in [0.25, 0.3) is 0 Å². The summed E-state index contributed by atoms with van der Waals surface area (Å²) < 4.78 is 0. The van der Waals surface area contributed by atoms with Gasteiger partial charge in [-0.2, -0.15) is 11.8 Å². The highest BCUT2D eigenvalue weighted by Gasteiger charge is 2.12. The molecule has 8 heteroatoms. The lowest BCUT2D eigenvalue weighted by molar-refractivity contribution is -0.122. The molecule has 2 amide bonds. The summed E-state index contributed by atoms with van der Waals surface area (Å²) in [6.07, 6.45) is 6.01. The Kier molecular flexibility index (Phi) is 10.7. The molecule has 1 rings (SSSR count). The number of anilines is 1. The Morgan fingerprint density at radius 2 is 2.05 bits per heavy atom. The lowest BCUT2D eigenvalue weighted by Gasteiger charge is -2.11. The maximum Gasteiger partial charge on any atom is 0.236 e. The minimum atomic E-state index is -0.509.